The Labute approximate surface area is 91.3 Å². The maximum Gasteiger partial charge on any atom is 0.191 e. The zero-order valence-corrected chi connectivity index (χ0v) is 10.1. The summed E-state index contributed by atoms with van der Waals surface area (Å²) < 4.78 is 22.4. The molecular weight excluding hydrogens is 214 g/mol. The molecule has 0 atom stereocenters. The average Bonchev–Trinajstić information content (AvgIpc) is 2.14. The summed E-state index contributed by atoms with van der Waals surface area (Å²) in [5.74, 6) is 1.31. The van der Waals surface area contributed by atoms with Gasteiger partial charge in [-0.1, -0.05) is 13.8 Å². The van der Waals surface area contributed by atoms with Crippen molar-refractivity contribution in [3.63, 3.8) is 0 Å². The van der Waals surface area contributed by atoms with Crippen LogP contribution in [-0.2, 0) is 9.84 Å². The van der Waals surface area contributed by atoms with Gasteiger partial charge in [0.05, 0.1) is 11.5 Å². The lowest BCUT2D eigenvalue weighted by Gasteiger charge is -2.27. The topological polar surface area (TPSA) is 75.8 Å². The van der Waals surface area contributed by atoms with Crippen molar-refractivity contribution < 1.29 is 8.42 Å². The van der Waals surface area contributed by atoms with Crippen molar-refractivity contribution in [1.29, 1.82) is 0 Å². The van der Waals surface area contributed by atoms with Gasteiger partial charge in [-0.05, 0) is 5.92 Å². The lowest BCUT2D eigenvalue weighted by molar-refractivity contribution is 0.435. The van der Waals surface area contributed by atoms with Crippen LogP contribution in [0.15, 0.2) is 4.99 Å². The molecule has 0 unspecified atom stereocenters. The molecule has 1 fully saturated rings. The SMILES string of the molecule is CC(C)CN=C(N)N1CCS(=O)(=O)CC1. The van der Waals surface area contributed by atoms with Crippen LogP contribution < -0.4 is 5.73 Å². The lowest BCUT2D eigenvalue weighted by Crippen LogP contribution is -2.47. The van der Waals surface area contributed by atoms with Crippen molar-refractivity contribution in [2.75, 3.05) is 31.1 Å². The molecule has 0 aliphatic carbocycles. The molecule has 0 radical (unpaired) electrons. The standard InChI is InChI=1S/C9H19N3O2S/c1-8(2)7-11-9(10)12-3-5-15(13,14)6-4-12/h8H,3-7H2,1-2H3,(H2,10,11). The summed E-state index contributed by atoms with van der Waals surface area (Å²) in [4.78, 5) is 6.06. The normalized spacial score (nSPS) is 22.1. The summed E-state index contributed by atoms with van der Waals surface area (Å²) >= 11 is 0. The van der Waals surface area contributed by atoms with E-state index in [0.717, 1.165) is 0 Å². The minimum Gasteiger partial charge on any atom is -0.370 e. The molecule has 5 nitrogen and oxygen atoms in total. The smallest absolute Gasteiger partial charge is 0.191 e. The third kappa shape index (κ3) is 4.07. The summed E-state index contributed by atoms with van der Waals surface area (Å²) in [6.07, 6.45) is 0. The highest BCUT2D eigenvalue weighted by atomic mass is 32.2. The van der Waals surface area contributed by atoms with Gasteiger partial charge in [0.25, 0.3) is 0 Å². The van der Waals surface area contributed by atoms with Crippen LogP contribution in [0.5, 0.6) is 0 Å². The van der Waals surface area contributed by atoms with Crippen LogP contribution in [-0.4, -0.2) is 50.4 Å². The fourth-order valence-electron chi connectivity index (χ4n) is 1.32. The fraction of sp³-hybridized carbons (Fsp3) is 0.889. The van der Waals surface area contributed by atoms with Gasteiger partial charge in [0, 0.05) is 19.6 Å². The first-order valence-electron chi connectivity index (χ1n) is 5.16. The highest BCUT2D eigenvalue weighted by Crippen LogP contribution is 2.03. The maximum absolute atomic E-state index is 11.2. The van der Waals surface area contributed by atoms with E-state index in [2.05, 4.69) is 18.8 Å². The number of nitrogens with zero attached hydrogens (tertiary/aromatic N) is 2. The molecule has 6 heteroatoms. The molecule has 88 valence electrons. The molecule has 0 aromatic rings. The average molecular weight is 233 g/mol. The van der Waals surface area contributed by atoms with Crippen LogP contribution in [0.1, 0.15) is 13.8 Å². The zero-order chi connectivity index (χ0) is 11.5. The number of nitrogens with two attached hydrogens (primary N) is 1. The Balaban J connectivity index is 2.49. The van der Waals surface area contributed by atoms with E-state index in [0.29, 0.717) is 31.5 Å². The van der Waals surface area contributed by atoms with Gasteiger partial charge < -0.3 is 10.6 Å². The Hall–Kier alpha value is -0.780. The van der Waals surface area contributed by atoms with Crippen molar-refractivity contribution in [2.24, 2.45) is 16.6 Å². The Kier molecular flexibility index (Phi) is 3.96. The van der Waals surface area contributed by atoms with Crippen LogP contribution >= 0.6 is 0 Å². The summed E-state index contributed by atoms with van der Waals surface area (Å²) in [6, 6.07) is 0. The minimum atomic E-state index is -2.83. The van der Waals surface area contributed by atoms with Gasteiger partial charge >= 0.3 is 0 Å². The van der Waals surface area contributed by atoms with Crippen molar-refractivity contribution in [3.8, 4) is 0 Å². The molecule has 0 bridgehead atoms. The number of hydrogen-bond acceptors (Lipinski definition) is 3. The second-order valence-corrected chi connectivity index (χ2v) is 6.54. The molecule has 0 amide bonds. The van der Waals surface area contributed by atoms with E-state index >= 15 is 0 Å². The Morgan fingerprint density at radius 2 is 1.93 bits per heavy atom. The molecule has 0 spiro atoms. The molecule has 2 N–H and O–H groups in total. The predicted octanol–water partition coefficient (Wildman–Crippen LogP) is -0.312. The number of rotatable bonds is 2. The number of guanidine groups is 1. The van der Waals surface area contributed by atoms with Gasteiger partial charge in [0.1, 0.15) is 0 Å². The first kappa shape index (κ1) is 12.3. The third-order valence-corrected chi connectivity index (χ3v) is 3.90. The second-order valence-electron chi connectivity index (χ2n) is 4.23. The highest BCUT2D eigenvalue weighted by molar-refractivity contribution is 7.91. The van der Waals surface area contributed by atoms with E-state index in [-0.39, 0.29) is 11.5 Å². The van der Waals surface area contributed by atoms with Crippen molar-refractivity contribution in [3.05, 3.63) is 0 Å². The molecule has 1 rings (SSSR count). The van der Waals surface area contributed by atoms with Gasteiger partial charge in [-0.15, -0.1) is 0 Å². The summed E-state index contributed by atoms with van der Waals surface area (Å²) in [5, 5.41) is 0. The van der Waals surface area contributed by atoms with Crippen LogP contribution in [0, 0.1) is 5.92 Å². The van der Waals surface area contributed by atoms with E-state index in [9.17, 15) is 8.42 Å². The molecule has 0 aromatic heterocycles. The largest absolute Gasteiger partial charge is 0.370 e. The molecule has 15 heavy (non-hydrogen) atoms. The minimum absolute atomic E-state index is 0.185. The Morgan fingerprint density at radius 1 is 1.40 bits per heavy atom. The van der Waals surface area contributed by atoms with E-state index in [4.69, 9.17) is 5.73 Å². The van der Waals surface area contributed by atoms with Gasteiger partial charge in [0.2, 0.25) is 0 Å². The number of sulfone groups is 1. The molecule has 1 saturated heterocycles. The van der Waals surface area contributed by atoms with E-state index in [1.807, 2.05) is 4.90 Å². The zero-order valence-electron chi connectivity index (χ0n) is 9.31. The first-order chi connectivity index (χ1) is 6.91. The van der Waals surface area contributed by atoms with E-state index in [1.165, 1.54) is 0 Å². The molecule has 1 heterocycles. The van der Waals surface area contributed by atoms with E-state index < -0.39 is 9.84 Å². The highest BCUT2D eigenvalue weighted by Gasteiger charge is 2.22. The lowest BCUT2D eigenvalue weighted by atomic mass is 10.2. The van der Waals surface area contributed by atoms with Crippen LogP contribution in [0.25, 0.3) is 0 Å². The molecular formula is C9H19N3O2S. The van der Waals surface area contributed by atoms with Crippen molar-refractivity contribution in [2.45, 2.75) is 13.8 Å². The van der Waals surface area contributed by atoms with Crippen molar-refractivity contribution >= 4 is 15.8 Å². The van der Waals surface area contributed by atoms with Crippen LogP contribution in [0.2, 0.25) is 0 Å². The summed E-state index contributed by atoms with van der Waals surface area (Å²) in [7, 11) is -2.83. The molecule has 1 aliphatic heterocycles. The number of aliphatic imine (C=N–C) groups is 1. The van der Waals surface area contributed by atoms with Crippen molar-refractivity contribution in [1.82, 2.24) is 4.90 Å². The fourth-order valence-corrected chi connectivity index (χ4v) is 2.52. The molecule has 0 aromatic carbocycles. The van der Waals surface area contributed by atoms with Gasteiger partial charge in [0.15, 0.2) is 15.8 Å². The van der Waals surface area contributed by atoms with Crippen LogP contribution in [0.3, 0.4) is 0 Å². The third-order valence-electron chi connectivity index (χ3n) is 2.29. The second kappa shape index (κ2) is 4.83. The number of hydrogen-bond donors (Lipinski definition) is 1. The van der Waals surface area contributed by atoms with E-state index in [1.54, 1.807) is 0 Å². The van der Waals surface area contributed by atoms with Crippen LogP contribution in [0.4, 0.5) is 0 Å². The van der Waals surface area contributed by atoms with Gasteiger partial charge in [-0.25, -0.2) is 8.42 Å². The quantitative estimate of drug-likeness (QED) is 0.524. The molecule has 0 saturated carbocycles. The Bertz CT molecular complexity index is 321. The van der Waals surface area contributed by atoms with Gasteiger partial charge in [-0.3, -0.25) is 4.99 Å². The first-order valence-corrected chi connectivity index (χ1v) is 6.98. The van der Waals surface area contributed by atoms with Gasteiger partial charge in [-0.2, -0.15) is 0 Å². The summed E-state index contributed by atoms with van der Waals surface area (Å²) in [6.45, 7) is 5.76. The monoisotopic (exact) mass is 233 g/mol. The summed E-state index contributed by atoms with van der Waals surface area (Å²) in [5.41, 5.74) is 5.77. The Morgan fingerprint density at radius 3 is 2.40 bits per heavy atom. The maximum atomic E-state index is 11.2. The predicted molar refractivity (Wildman–Crippen MR) is 61.6 cm³/mol. The molecule has 1 aliphatic rings.